The van der Waals surface area contributed by atoms with Crippen LogP contribution in [0.1, 0.15) is 51.9 Å². The van der Waals surface area contributed by atoms with Gasteiger partial charge in [-0.3, -0.25) is 4.79 Å². The number of carbonyl (C=O) groups excluding carboxylic acids is 1. The predicted molar refractivity (Wildman–Crippen MR) is 87.8 cm³/mol. The zero-order valence-corrected chi connectivity index (χ0v) is 14.2. The summed E-state index contributed by atoms with van der Waals surface area (Å²) in [6, 6.07) is 0.436. The van der Waals surface area contributed by atoms with Crippen molar-refractivity contribution in [3.8, 4) is 0 Å². The Labute approximate surface area is 139 Å². The van der Waals surface area contributed by atoms with Gasteiger partial charge in [0.15, 0.2) is 0 Å². The Morgan fingerprint density at radius 3 is 2.55 bits per heavy atom. The van der Waals surface area contributed by atoms with E-state index in [2.05, 4.69) is 12.2 Å². The molecule has 4 aliphatic carbocycles. The van der Waals surface area contributed by atoms with Gasteiger partial charge in [0.2, 0.25) is 5.91 Å². The second-order valence-corrected chi connectivity index (χ2v) is 7.76. The summed E-state index contributed by atoms with van der Waals surface area (Å²) < 4.78 is 5.87. The molecule has 6 atom stereocenters. The predicted octanol–water partition coefficient (Wildman–Crippen LogP) is 2.25. The van der Waals surface area contributed by atoms with E-state index in [1.54, 1.807) is 0 Å². The molecule has 22 heavy (non-hydrogen) atoms. The molecule has 4 aliphatic rings. The lowest BCUT2D eigenvalue weighted by Gasteiger charge is -2.61. The third kappa shape index (κ3) is 2.22. The van der Waals surface area contributed by atoms with Crippen LogP contribution >= 0.6 is 12.4 Å². The molecule has 1 amide bonds. The minimum atomic E-state index is 0. The van der Waals surface area contributed by atoms with E-state index in [-0.39, 0.29) is 35.7 Å². The first-order valence-electron chi connectivity index (χ1n) is 8.83. The Hall–Kier alpha value is -0.320. The first-order valence-corrected chi connectivity index (χ1v) is 8.83. The average molecular weight is 329 g/mol. The van der Waals surface area contributed by atoms with Crippen molar-refractivity contribution in [3.63, 3.8) is 0 Å². The molecule has 4 fully saturated rings. The van der Waals surface area contributed by atoms with Crippen molar-refractivity contribution in [3.05, 3.63) is 0 Å². The Bertz CT molecular complexity index is 438. The van der Waals surface area contributed by atoms with Crippen LogP contribution in [-0.2, 0) is 9.53 Å². The van der Waals surface area contributed by atoms with Gasteiger partial charge in [-0.2, -0.15) is 0 Å². The van der Waals surface area contributed by atoms with E-state index in [0.717, 1.165) is 13.0 Å². The molecule has 0 aromatic rings. The highest BCUT2D eigenvalue weighted by molar-refractivity contribution is 5.85. The number of fused-ring (bicyclic) bond motifs is 2. The van der Waals surface area contributed by atoms with E-state index in [4.69, 9.17) is 10.5 Å². The lowest BCUT2D eigenvalue weighted by atomic mass is 9.51. The molecule has 126 valence electrons. The third-order valence-corrected chi connectivity index (χ3v) is 7.04. The molecule has 6 unspecified atom stereocenters. The summed E-state index contributed by atoms with van der Waals surface area (Å²) in [6.07, 6.45) is 8.69. The van der Waals surface area contributed by atoms with Crippen LogP contribution in [0.5, 0.6) is 0 Å². The number of hydrogen-bond acceptors (Lipinski definition) is 3. The summed E-state index contributed by atoms with van der Waals surface area (Å²) in [5.41, 5.74) is 6.56. The Morgan fingerprint density at radius 2 is 2.00 bits per heavy atom. The van der Waals surface area contributed by atoms with Gasteiger partial charge < -0.3 is 15.8 Å². The molecule has 0 heterocycles. The third-order valence-electron chi connectivity index (χ3n) is 7.04. The average Bonchev–Trinajstić information content (AvgIpc) is 2.95. The summed E-state index contributed by atoms with van der Waals surface area (Å²) in [7, 11) is 0. The van der Waals surface area contributed by atoms with E-state index >= 15 is 0 Å². The van der Waals surface area contributed by atoms with E-state index in [1.165, 1.54) is 38.5 Å². The van der Waals surface area contributed by atoms with Crippen molar-refractivity contribution in [1.29, 1.82) is 0 Å². The number of amides is 1. The van der Waals surface area contributed by atoms with Gasteiger partial charge in [0.25, 0.3) is 0 Å². The SMILES string of the molecule is CCOC1CC(NC(=O)C2C3CCC(C3)C2N)C12CCC2.Cl. The van der Waals surface area contributed by atoms with Crippen molar-refractivity contribution in [2.45, 2.75) is 70.1 Å². The fourth-order valence-electron chi connectivity index (χ4n) is 5.63. The fraction of sp³-hybridized carbons (Fsp3) is 0.941. The van der Waals surface area contributed by atoms with Gasteiger partial charge in [0.05, 0.1) is 12.0 Å². The van der Waals surface area contributed by atoms with Crippen LogP contribution in [0.4, 0.5) is 0 Å². The van der Waals surface area contributed by atoms with Crippen molar-refractivity contribution >= 4 is 18.3 Å². The highest BCUT2D eigenvalue weighted by Gasteiger charge is 2.60. The first-order chi connectivity index (χ1) is 10.2. The summed E-state index contributed by atoms with van der Waals surface area (Å²) in [5, 5.41) is 3.36. The Morgan fingerprint density at radius 1 is 1.27 bits per heavy atom. The molecular formula is C17H29ClN2O2. The van der Waals surface area contributed by atoms with Crippen LogP contribution in [0.2, 0.25) is 0 Å². The molecular weight excluding hydrogens is 300 g/mol. The summed E-state index contributed by atoms with van der Waals surface area (Å²) in [4.78, 5) is 12.7. The lowest BCUT2D eigenvalue weighted by molar-refractivity contribution is -0.177. The molecule has 0 saturated heterocycles. The zero-order chi connectivity index (χ0) is 14.6. The van der Waals surface area contributed by atoms with E-state index in [1.807, 2.05) is 0 Å². The quantitative estimate of drug-likeness (QED) is 0.832. The van der Waals surface area contributed by atoms with Gasteiger partial charge in [-0.15, -0.1) is 12.4 Å². The van der Waals surface area contributed by atoms with E-state index < -0.39 is 0 Å². The topological polar surface area (TPSA) is 64.3 Å². The van der Waals surface area contributed by atoms with E-state index in [9.17, 15) is 4.79 Å². The van der Waals surface area contributed by atoms with Crippen LogP contribution in [0.3, 0.4) is 0 Å². The molecule has 2 bridgehead atoms. The van der Waals surface area contributed by atoms with Crippen molar-refractivity contribution in [2.24, 2.45) is 28.9 Å². The van der Waals surface area contributed by atoms with Crippen molar-refractivity contribution in [1.82, 2.24) is 5.32 Å². The fourth-order valence-corrected chi connectivity index (χ4v) is 5.63. The highest BCUT2D eigenvalue weighted by atomic mass is 35.5. The molecule has 5 heteroatoms. The maximum atomic E-state index is 12.7. The van der Waals surface area contributed by atoms with Gasteiger partial charge in [0, 0.05) is 24.1 Å². The minimum absolute atomic E-state index is 0. The van der Waals surface area contributed by atoms with E-state index in [0.29, 0.717) is 24.0 Å². The molecule has 4 nitrogen and oxygen atoms in total. The normalized spacial score (nSPS) is 44.1. The minimum Gasteiger partial charge on any atom is -0.378 e. The number of nitrogens with one attached hydrogen (secondary N) is 1. The molecule has 0 aromatic carbocycles. The van der Waals surface area contributed by atoms with Crippen LogP contribution in [0, 0.1) is 23.2 Å². The summed E-state index contributed by atoms with van der Waals surface area (Å²) in [5.74, 6) is 1.46. The second-order valence-electron chi connectivity index (χ2n) is 7.76. The smallest absolute Gasteiger partial charge is 0.225 e. The molecule has 3 N–H and O–H groups in total. The molecule has 0 radical (unpaired) electrons. The monoisotopic (exact) mass is 328 g/mol. The Balaban J connectivity index is 0.00000144. The highest BCUT2D eigenvalue weighted by Crippen LogP contribution is 2.57. The number of carbonyl (C=O) groups is 1. The van der Waals surface area contributed by atoms with Gasteiger partial charge >= 0.3 is 0 Å². The zero-order valence-electron chi connectivity index (χ0n) is 13.4. The van der Waals surface area contributed by atoms with Crippen LogP contribution in [0.15, 0.2) is 0 Å². The molecule has 1 spiro atoms. The first kappa shape index (κ1) is 16.5. The van der Waals surface area contributed by atoms with Gasteiger partial charge in [-0.25, -0.2) is 0 Å². The molecule has 0 aliphatic heterocycles. The van der Waals surface area contributed by atoms with Gasteiger partial charge in [0.1, 0.15) is 0 Å². The summed E-state index contributed by atoms with van der Waals surface area (Å²) in [6.45, 7) is 2.84. The maximum absolute atomic E-state index is 12.7. The van der Waals surface area contributed by atoms with Crippen LogP contribution < -0.4 is 11.1 Å². The maximum Gasteiger partial charge on any atom is 0.225 e. The summed E-state index contributed by atoms with van der Waals surface area (Å²) >= 11 is 0. The number of halogens is 1. The Kier molecular flexibility index (Phi) is 4.47. The van der Waals surface area contributed by atoms with Gasteiger partial charge in [-0.05, 0) is 57.3 Å². The number of hydrogen-bond donors (Lipinski definition) is 2. The molecule has 4 saturated carbocycles. The van der Waals surface area contributed by atoms with Crippen LogP contribution in [0.25, 0.3) is 0 Å². The molecule has 0 aromatic heterocycles. The second kappa shape index (κ2) is 5.95. The number of nitrogens with two attached hydrogens (primary N) is 1. The largest absolute Gasteiger partial charge is 0.378 e. The van der Waals surface area contributed by atoms with Crippen molar-refractivity contribution < 1.29 is 9.53 Å². The number of rotatable bonds is 4. The number of ether oxygens (including phenoxy) is 1. The molecule has 4 rings (SSSR count). The standard InChI is InChI=1S/C17H28N2O2.ClH/c1-2-21-13-9-12(17(13)6-3-7-17)19-16(20)14-10-4-5-11(8-10)15(14)18;/h10-15H,2-9,18H2,1H3,(H,19,20);1H. The lowest BCUT2D eigenvalue weighted by Crippen LogP contribution is -2.68. The van der Waals surface area contributed by atoms with Gasteiger partial charge in [-0.1, -0.05) is 6.42 Å². The van der Waals surface area contributed by atoms with Crippen LogP contribution in [-0.4, -0.2) is 30.7 Å². The van der Waals surface area contributed by atoms with Crippen molar-refractivity contribution in [2.75, 3.05) is 6.61 Å².